The largest absolute Gasteiger partial charge is 2.00 e. The third-order valence-electron chi connectivity index (χ3n) is 0.192. The van der Waals surface area contributed by atoms with Crippen LogP contribution in [-0.2, 0) is 4.57 Å². The van der Waals surface area contributed by atoms with Gasteiger partial charge in [-0.05, 0) is 0 Å². The standard InChI is InChI=1S/B2H2O3.Ca/c1-5-2(3)4;/h1H2;/q-2;+2. The van der Waals surface area contributed by atoms with E-state index < -0.39 is 7.32 Å². The summed E-state index contributed by atoms with van der Waals surface area (Å²) in [5.41, 5.74) is 0. The maximum atomic E-state index is 9.12. The van der Waals surface area contributed by atoms with Crippen LogP contribution in [0, 0.1) is 0 Å². The molecule has 0 aliphatic rings. The van der Waals surface area contributed by atoms with Crippen LogP contribution in [0.15, 0.2) is 0 Å². The van der Waals surface area contributed by atoms with Crippen molar-refractivity contribution in [3.8, 4) is 0 Å². The molecule has 0 saturated heterocycles. The molecule has 6 heteroatoms. The van der Waals surface area contributed by atoms with Crippen molar-refractivity contribution in [1.29, 1.82) is 0 Å². The van der Waals surface area contributed by atoms with Crippen LogP contribution in [0.1, 0.15) is 0 Å². The van der Waals surface area contributed by atoms with Crippen LogP contribution in [0.25, 0.3) is 0 Å². The van der Waals surface area contributed by atoms with Crippen LogP contribution in [-0.4, -0.2) is 53.1 Å². The molecule has 0 aromatic rings. The SMILES string of the molecule is BOB([O-])[O-].[Ca+2]. The molecule has 3 nitrogen and oxygen atoms in total. The van der Waals surface area contributed by atoms with E-state index in [9.17, 15) is 0 Å². The van der Waals surface area contributed by atoms with Gasteiger partial charge in [-0.15, -0.1) is 0 Å². The molecule has 0 bridgehead atoms. The van der Waals surface area contributed by atoms with E-state index in [1.165, 1.54) is 0 Å². The van der Waals surface area contributed by atoms with E-state index in [-0.39, 0.29) is 37.7 Å². The summed E-state index contributed by atoms with van der Waals surface area (Å²) in [5, 5.41) is 18.2. The Bertz CT molecular complexity index is 22.8. The van der Waals surface area contributed by atoms with Crippen molar-refractivity contribution in [3.63, 3.8) is 0 Å². The Labute approximate surface area is 67.3 Å². The zero-order chi connectivity index (χ0) is 4.28. The van der Waals surface area contributed by atoms with E-state index in [0.717, 1.165) is 8.05 Å². The molecular formula is H2B2CaO3. The maximum absolute atomic E-state index is 9.12. The Hall–Kier alpha value is 1.27. The molecule has 0 amide bonds. The Kier molecular flexibility index (Phi) is 10.8. The molecule has 28 valence electrons. The smallest absolute Gasteiger partial charge is 0.872 e. The second-order valence-electron chi connectivity index (χ2n) is 0.524. The van der Waals surface area contributed by atoms with Crippen molar-refractivity contribution in [2.24, 2.45) is 0 Å². The Balaban J connectivity index is 0. The Morgan fingerprint density at radius 3 is 1.67 bits per heavy atom. The monoisotopic (exact) mass is 112 g/mol. The molecule has 0 fully saturated rings. The minimum absolute atomic E-state index is 0. The number of hydrogen-bond donors (Lipinski definition) is 0. The fraction of sp³-hybridized carbons (Fsp3) is 0. The van der Waals surface area contributed by atoms with Gasteiger partial charge in [-0.3, -0.25) is 0 Å². The van der Waals surface area contributed by atoms with Gasteiger partial charge in [0, 0.05) is 7.32 Å². The van der Waals surface area contributed by atoms with Gasteiger partial charge in [-0.25, -0.2) is 0 Å². The van der Waals surface area contributed by atoms with Crippen molar-refractivity contribution >= 4 is 53.1 Å². The van der Waals surface area contributed by atoms with Crippen LogP contribution >= 0.6 is 0 Å². The van der Waals surface area contributed by atoms with Gasteiger partial charge in [-0.2, -0.15) is 0 Å². The first-order valence-electron chi connectivity index (χ1n) is 1.12. The quantitative estimate of drug-likeness (QED) is 0.323. The van der Waals surface area contributed by atoms with E-state index >= 15 is 0 Å². The van der Waals surface area contributed by atoms with Gasteiger partial charge in [0.1, 0.15) is 0 Å². The maximum Gasteiger partial charge on any atom is 2.00 e. The molecule has 0 aromatic carbocycles. The summed E-state index contributed by atoms with van der Waals surface area (Å²) in [6.45, 7) is 0. The van der Waals surface area contributed by atoms with Gasteiger partial charge in [0.15, 0.2) is 0 Å². The molecule has 0 atom stereocenters. The fourth-order valence-corrected chi connectivity index (χ4v) is 0. The third-order valence-corrected chi connectivity index (χ3v) is 0.192. The van der Waals surface area contributed by atoms with Crippen molar-refractivity contribution in [2.75, 3.05) is 0 Å². The zero-order valence-corrected chi connectivity index (χ0v) is 5.72. The predicted molar refractivity (Wildman–Crippen MR) is 21.1 cm³/mol. The minimum Gasteiger partial charge on any atom is -0.872 e. The second-order valence-corrected chi connectivity index (χ2v) is 0.524. The van der Waals surface area contributed by atoms with Gasteiger partial charge in [0.25, 0.3) is 0 Å². The van der Waals surface area contributed by atoms with Crippen LogP contribution < -0.4 is 10.0 Å². The van der Waals surface area contributed by atoms with Crippen LogP contribution in [0.3, 0.4) is 0 Å². The molecule has 0 N–H and O–H groups in total. The molecule has 0 unspecified atom stereocenters. The van der Waals surface area contributed by atoms with Gasteiger partial charge in [0.2, 0.25) is 8.05 Å². The van der Waals surface area contributed by atoms with Crippen molar-refractivity contribution in [2.45, 2.75) is 0 Å². The molecular weight excluding hydrogens is 110 g/mol. The Morgan fingerprint density at radius 1 is 1.50 bits per heavy atom. The number of rotatable bonds is 1. The third kappa shape index (κ3) is 8.99. The average Bonchev–Trinajstić information content (AvgIpc) is 1.38. The number of hydrogen-bond acceptors (Lipinski definition) is 3. The van der Waals surface area contributed by atoms with Gasteiger partial charge >= 0.3 is 37.7 Å². The summed E-state index contributed by atoms with van der Waals surface area (Å²) in [4.78, 5) is 0. The Morgan fingerprint density at radius 2 is 1.67 bits per heavy atom. The molecule has 0 aliphatic heterocycles. The fourth-order valence-electron chi connectivity index (χ4n) is 0. The summed E-state index contributed by atoms with van der Waals surface area (Å²) in [6.07, 6.45) is 0. The first kappa shape index (κ1) is 10.3. The normalized spacial score (nSPS) is 6.33. The summed E-state index contributed by atoms with van der Waals surface area (Å²) in [6, 6.07) is 0. The van der Waals surface area contributed by atoms with Crippen molar-refractivity contribution in [3.05, 3.63) is 0 Å². The van der Waals surface area contributed by atoms with Crippen molar-refractivity contribution < 1.29 is 14.6 Å². The average molecular weight is 112 g/mol. The molecule has 0 saturated carbocycles. The summed E-state index contributed by atoms with van der Waals surface area (Å²) in [7, 11) is -1.04. The molecule has 0 spiro atoms. The molecule has 0 heterocycles. The first-order chi connectivity index (χ1) is 2.27. The van der Waals surface area contributed by atoms with E-state index in [1.807, 2.05) is 0 Å². The topological polar surface area (TPSA) is 55.3 Å². The zero-order valence-electron chi connectivity index (χ0n) is 3.51. The van der Waals surface area contributed by atoms with Crippen LogP contribution in [0.4, 0.5) is 0 Å². The van der Waals surface area contributed by atoms with Gasteiger partial charge in [0.05, 0.1) is 0 Å². The second kappa shape index (κ2) is 6.27. The van der Waals surface area contributed by atoms with E-state index in [2.05, 4.69) is 4.57 Å². The minimum atomic E-state index is -2.12. The molecule has 6 heavy (non-hydrogen) atoms. The summed E-state index contributed by atoms with van der Waals surface area (Å²) >= 11 is 0. The van der Waals surface area contributed by atoms with E-state index in [4.69, 9.17) is 10.0 Å². The molecule has 0 radical (unpaired) electrons. The summed E-state index contributed by atoms with van der Waals surface area (Å²) in [5.74, 6) is 0. The predicted octanol–water partition coefficient (Wildman–Crippen LogP) is -4.12. The van der Waals surface area contributed by atoms with E-state index in [1.54, 1.807) is 0 Å². The molecule has 0 aromatic heterocycles. The molecule has 0 aliphatic carbocycles. The first-order valence-corrected chi connectivity index (χ1v) is 1.12. The van der Waals surface area contributed by atoms with Gasteiger partial charge in [-0.1, -0.05) is 0 Å². The van der Waals surface area contributed by atoms with Crippen LogP contribution in [0.5, 0.6) is 0 Å². The summed E-state index contributed by atoms with van der Waals surface area (Å²) < 4.78 is 3.64. The van der Waals surface area contributed by atoms with E-state index in [0.29, 0.717) is 0 Å². The van der Waals surface area contributed by atoms with Gasteiger partial charge < -0.3 is 14.6 Å². The van der Waals surface area contributed by atoms with Crippen LogP contribution in [0.2, 0.25) is 0 Å². The van der Waals surface area contributed by atoms with Crippen molar-refractivity contribution in [1.82, 2.24) is 0 Å². The molecule has 0 rings (SSSR count).